The predicted molar refractivity (Wildman–Crippen MR) is 121 cm³/mol. The maximum absolute atomic E-state index is 12.5. The molecule has 1 fully saturated rings. The van der Waals surface area contributed by atoms with Crippen molar-refractivity contribution in [3.8, 4) is 11.5 Å². The second-order valence-electron chi connectivity index (χ2n) is 7.39. The lowest BCUT2D eigenvalue weighted by atomic mass is 9.93. The van der Waals surface area contributed by atoms with E-state index < -0.39 is 0 Å². The van der Waals surface area contributed by atoms with Crippen LogP contribution >= 0.6 is 12.4 Å². The highest BCUT2D eigenvalue weighted by atomic mass is 35.5. The summed E-state index contributed by atoms with van der Waals surface area (Å²) in [4.78, 5) is 14.9. The standard InChI is InChI=1S/C23H31N3O2.ClH/c1-24-15-11-19-12-16-26(17-13-19)18-14-23(27)25-21-9-5-6-10-22(21)28-20-7-3-2-4-8-20;/h2-10,19,24H,11-18H2,1H3,(H,25,27);1H. The van der Waals surface area contributed by atoms with Gasteiger partial charge in [-0.15, -0.1) is 12.4 Å². The van der Waals surface area contributed by atoms with E-state index in [1.807, 2.05) is 61.6 Å². The molecule has 2 aromatic carbocycles. The Morgan fingerprint density at radius 2 is 1.76 bits per heavy atom. The monoisotopic (exact) mass is 417 g/mol. The highest BCUT2D eigenvalue weighted by Gasteiger charge is 2.19. The Morgan fingerprint density at radius 1 is 1.07 bits per heavy atom. The number of piperidine rings is 1. The summed E-state index contributed by atoms with van der Waals surface area (Å²) < 4.78 is 5.92. The molecule has 1 heterocycles. The number of para-hydroxylation sites is 3. The number of hydrogen-bond donors (Lipinski definition) is 2. The van der Waals surface area contributed by atoms with Crippen molar-refractivity contribution in [2.75, 3.05) is 38.5 Å². The number of anilines is 1. The molecule has 1 aliphatic rings. The molecule has 0 aliphatic carbocycles. The molecular formula is C23H32ClN3O2. The molecule has 0 atom stereocenters. The van der Waals surface area contributed by atoms with Crippen LogP contribution in [0.1, 0.15) is 25.7 Å². The summed E-state index contributed by atoms with van der Waals surface area (Å²) in [7, 11) is 2.01. The number of carbonyl (C=O) groups excluding carboxylic acids is 1. The first-order chi connectivity index (χ1) is 13.7. The highest BCUT2D eigenvalue weighted by molar-refractivity contribution is 5.92. The molecule has 1 amide bonds. The van der Waals surface area contributed by atoms with Crippen molar-refractivity contribution in [3.63, 3.8) is 0 Å². The Balaban J connectivity index is 0.00000300. The van der Waals surface area contributed by atoms with Crippen molar-refractivity contribution in [1.82, 2.24) is 10.2 Å². The number of carbonyl (C=O) groups is 1. The van der Waals surface area contributed by atoms with E-state index in [4.69, 9.17) is 4.74 Å². The van der Waals surface area contributed by atoms with Gasteiger partial charge in [0, 0.05) is 13.0 Å². The van der Waals surface area contributed by atoms with Crippen LogP contribution in [-0.4, -0.2) is 44.0 Å². The number of nitrogens with zero attached hydrogens (tertiary/aromatic N) is 1. The lowest BCUT2D eigenvalue weighted by Crippen LogP contribution is -2.36. The third-order valence-electron chi connectivity index (χ3n) is 5.30. The molecule has 6 heteroatoms. The molecule has 0 unspecified atom stereocenters. The number of nitrogens with one attached hydrogen (secondary N) is 2. The summed E-state index contributed by atoms with van der Waals surface area (Å²) in [5.74, 6) is 2.26. The maximum atomic E-state index is 12.5. The summed E-state index contributed by atoms with van der Waals surface area (Å²) in [6.45, 7) is 4.09. The van der Waals surface area contributed by atoms with Crippen LogP contribution in [0.4, 0.5) is 5.69 Å². The molecule has 1 saturated heterocycles. The Kier molecular flexibility index (Phi) is 9.98. The zero-order valence-corrected chi connectivity index (χ0v) is 17.9. The molecule has 2 N–H and O–H groups in total. The fourth-order valence-corrected chi connectivity index (χ4v) is 3.59. The van der Waals surface area contributed by atoms with Crippen LogP contribution in [-0.2, 0) is 4.79 Å². The zero-order chi connectivity index (χ0) is 19.6. The van der Waals surface area contributed by atoms with E-state index in [1.54, 1.807) is 0 Å². The van der Waals surface area contributed by atoms with Gasteiger partial charge in [-0.1, -0.05) is 30.3 Å². The van der Waals surface area contributed by atoms with Gasteiger partial charge in [-0.05, 0) is 76.1 Å². The van der Waals surface area contributed by atoms with E-state index in [-0.39, 0.29) is 18.3 Å². The van der Waals surface area contributed by atoms with Gasteiger partial charge in [0.2, 0.25) is 5.91 Å². The van der Waals surface area contributed by atoms with Gasteiger partial charge >= 0.3 is 0 Å². The Labute approximate surface area is 180 Å². The van der Waals surface area contributed by atoms with Crippen LogP contribution in [0.15, 0.2) is 54.6 Å². The van der Waals surface area contributed by atoms with Gasteiger partial charge in [0.25, 0.3) is 0 Å². The highest BCUT2D eigenvalue weighted by Crippen LogP contribution is 2.29. The molecule has 0 spiro atoms. The molecule has 0 bridgehead atoms. The number of likely N-dealkylation sites (tertiary alicyclic amines) is 1. The normalized spacial score (nSPS) is 14.8. The Bertz CT molecular complexity index is 734. The molecule has 29 heavy (non-hydrogen) atoms. The summed E-state index contributed by atoms with van der Waals surface area (Å²) >= 11 is 0. The van der Waals surface area contributed by atoms with E-state index in [9.17, 15) is 4.79 Å². The van der Waals surface area contributed by atoms with Crippen molar-refractivity contribution < 1.29 is 9.53 Å². The van der Waals surface area contributed by atoms with Gasteiger partial charge in [0.1, 0.15) is 5.75 Å². The van der Waals surface area contributed by atoms with Gasteiger partial charge in [0.15, 0.2) is 5.75 Å². The van der Waals surface area contributed by atoms with Crippen LogP contribution in [0.5, 0.6) is 11.5 Å². The molecule has 158 valence electrons. The maximum Gasteiger partial charge on any atom is 0.225 e. The van der Waals surface area contributed by atoms with Crippen LogP contribution in [0, 0.1) is 5.92 Å². The minimum Gasteiger partial charge on any atom is -0.455 e. The molecule has 0 radical (unpaired) electrons. The van der Waals surface area contributed by atoms with Crippen LogP contribution in [0.2, 0.25) is 0 Å². The molecule has 3 rings (SSSR count). The fraction of sp³-hybridized carbons (Fsp3) is 0.435. The quantitative estimate of drug-likeness (QED) is 0.628. The second kappa shape index (κ2) is 12.5. The van der Waals surface area contributed by atoms with Crippen LogP contribution in [0.25, 0.3) is 0 Å². The number of amides is 1. The first-order valence-corrected chi connectivity index (χ1v) is 10.2. The van der Waals surface area contributed by atoms with E-state index in [0.29, 0.717) is 17.9 Å². The zero-order valence-electron chi connectivity index (χ0n) is 17.1. The summed E-state index contributed by atoms with van der Waals surface area (Å²) in [5.41, 5.74) is 0.710. The van der Waals surface area contributed by atoms with Gasteiger partial charge < -0.3 is 20.3 Å². The molecule has 5 nitrogen and oxygen atoms in total. The number of rotatable bonds is 9. The third-order valence-corrected chi connectivity index (χ3v) is 5.30. The topological polar surface area (TPSA) is 53.6 Å². The lowest BCUT2D eigenvalue weighted by Gasteiger charge is -2.31. The van der Waals surface area contributed by atoms with Gasteiger partial charge in [-0.25, -0.2) is 0 Å². The van der Waals surface area contributed by atoms with Crippen molar-refractivity contribution >= 4 is 24.0 Å². The summed E-state index contributed by atoms with van der Waals surface area (Å²) in [5, 5.41) is 6.24. The Hall–Kier alpha value is -2.08. The van der Waals surface area contributed by atoms with Crippen molar-refractivity contribution in [3.05, 3.63) is 54.6 Å². The number of halogens is 1. The lowest BCUT2D eigenvalue weighted by molar-refractivity contribution is -0.116. The van der Waals surface area contributed by atoms with E-state index in [0.717, 1.165) is 37.8 Å². The van der Waals surface area contributed by atoms with Gasteiger partial charge in [0.05, 0.1) is 5.69 Å². The molecular weight excluding hydrogens is 386 g/mol. The van der Waals surface area contributed by atoms with Crippen LogP contribution in [0.3, 0.4) is 0 Å². The number of hydrogen-bond acceptors (Lipinski definition) is 4. The Morgan fingerprint density at radius 3 is 2.48 bits per heavy atom. The molecule has 1 aliphatic heterocycles. The average molecular weight is 418 g/mol. The second-order valence-corrected chi connectivity index (χ2v) is 7.39. The van der Waals surface area contributed by atoms with Gasteiger partial charge in [-0.2, -0.15) is 0 Å². The van der Waals surface area contributed by atoms with Crippen molar-refractivity contribution in [2.24, 2.45) is 5.92 Å². The van der Waals surface area contributed by atoms with E-state index in [2.05, 4.69) is 15.5 Å². The van der Waals surface area contributed by atoms with Gasteiger partial charge in [-0.3, -0.25) is 4.79 Å². The first kappa shape index (κ1) is 23.2. The number of benzene rings is 2. The van der Waals surface area contributed by atoms with E-state index >= 15 is 0 Å². The minimum atomic E-state index is 0. The SMILES string of the molecule is CNCCC1CCN(CCC(=O)Nc2ccccc2Oc2ccccc2)CC1.Cl. The fourth-order valence-electron chi connectivity index (χ4n) is 3.59. The first-order valence-electron chi connectivity index (χ1n) is 10.2. The predicted octanol–water partition coefficient (Wildman–Crippen LogP) is 4.55. The van der Waals surface area contributed by atoms with Crippen LogP contribution < -0.4 is 15.4 Å². The third kappa shape index (κ3) is 7.69. The molecule has 0 saturated carbocycles. The largest absolute Gasteiger partial charge is 0.455 e. The minimum absolute atomic E-state index is 0. The average Bonchev–Trinajstić information content (AvgIpc) is 2.74. The summed E-state index contributed by atoms with van der Waals surface area (Å²) in [6, 6.07) is 17.2. The van der Waals surface area contributed by atoms with Crippen molar-refractivity contribution in [2.45, 2.75) is 25.7 Å². The van der Waals surface area contributed by atoms with E-state index in [1.165, 1.54) is 19.3 Å². The molecule has 0 aromatic heterocycles. The molecule has 2 aromatic rings. The van der Waals surface area contributed by atoms with Crippen molar-refractivity contribution in [1.29, 1.82) is 0 Å². The summed E-state index contributed by atoms with van der Waals surface area (Å²) in [6.07, 6.45) is 4.22. The number of ether oxygens (including phenoxy) is 1. The smallest absolute Gasteiger partial charge is 0.225 e.